The molecule has 464 valence electrons. The molecule has 0 aromatic heterocycles. The summed E-state index contributed by atoms with van der Waals surface area (Å²) in [5, 5.41) is 0. The quantitative estimate of drug-likeness (QED) is 0.0935. The number of hydrogen-bond acceptors (Lipinski definition) is 11. The number of ether oxygens (including phenoxy) is 5. The molecule has 13 rings (SSSR count). The fourth-order valence-electron chi connectivity index (χ4n) is 15.5. The number of rotatable bonds is 13. The van der Waals surface area contributed by atoms with Gasteiger partial charge in [-0.25, -0.2) is 0 Å². The van der Waals surface area contributed by atoms with Crippen molar-refractivity contribution in [3.8, 4) is 0 Å². The van der Waals surface area contributed by atoms with Gasteiger partial charge < -0.3 is 23.7 Å². The minimum absolute atomic E-state index is 0.236. The number of alkyl halides is 3. The number of carbonyl (C=O) groups excluding carboxylic acids is 5. The van der Waals surface area contributed by atoms with E-state index in [2.05, 4.69) is 123 Å². The van der Waals surface area contributed by atoms with Crippen molar-refractivity contribution in [3.05, 3.63) is 135 Å². The second-order valence-electron chi connectivity index (χ2n) is 24.7. The van der Waals surface area contributed by atoms with E-state index in [-0.39, 0.29) is 27.8 Å². The Morgan fingerprint density at radius 1 is 0.442 bits per heavy atom. The second kappa shape index (κ2) is 29.6. The standard InChI is InChI=1S/C20H26BrNO3.C18H21BrCl2O3.C16H18BrClO2.C14H13BrO2/c21-16-1-2-18-15(13-16)14-19(23)20(18)5-3-17(4-6-20)25-12-9-22-7-10-24-11-8-22;19-14-1-2-15-13(11-14)12-16(22)17(15)3-5-18(6-4-17,23-9-7-20)24-10-8-21;17-12-1-2-14-11(9-12)10-15(19)16(14)5-3-13(4-6-16)20-8-7-18;15-10-1-2-12-9(7-10)8-13(17)14(12)5-3-11(16)4-6-14/h1-2,13,17H,3-12,14H2;1-2,11H,3-10,12H2;1-2,9,13H,3-8,10H2;1-2,7H,3-6,8H2. The largest absolute Gasteiger partial charge is 0.379 e. The number of benzene rings is 4. The molecule has 4 aromatic carbocycles. The van der Waals surface area contributed by atoms with Crippen molar-refractivity contribution in [2.75, 3.05) is 76.9 Å². The molecule has 0 N–H and O–H groups in total. The number of hydrogen-bond donors (Lipinski definition) is 0. The summed E-state index contributed by atoms with van der Waals surface area (Å²) in [5.41, 5.74) is 8.36. The first-order valence-electron chi connectivity index (χ1n) is 30.8. The number of Topliss-reactive ketones (excluding diaryl/α,β-unsaturated/α-hetero) is 5. The molecule has 0 radical (unpaired) electrons. The molecule has 9 aliphatic rings. The van der Waals surface area contributed by atoms with Crippen LogP contribution in [0.5, 0.6) is 0 Å². The molecular formula is C68H78Br4Cl3NO10. The molecule has 0 bridgehead atoms. The van der Waals surface area contributed by atoms with Crippen molar-refractivity contribution >= 4 is 127 Å². The van der Waals surface area contributed by atoms with Crippen LogP contribution in [0.2, 0.25) is 0 Å². The number of nitrogens with zero attached hydrogens (tertiary/aromatic N) is 1. The lowest BCUT2D eigenvalue weighted by atomic mass is 9.68. The zero-order valence-corrected chi connectivity index (χ0v) is 57.5. The van der Waals surface area contributed by atoms with E-state index in [1.54, 1.807) is 0 Å². The van der Waals surface area contributed by atoms with Gasteiger partial charge in [-0.1, -0.05) is 88.0 Å². The summed E-state index contributed by atoms with van der Waals surface area (Å²) >= 11 is 31.2. The number of morpholine rings is 1. The normalized spacial score (nSPS) is 22.2. The van der Waals surface area contributed by atoms with E-state index in [1.807, 2.05) is 18.2 Å². The van der Waals surface area contributed by atoms with Crippen LogP contribution >= 0.6 is 98.5 Å². The van der Waals surface area contributed by atoms with Crippen molar-refractivity contribution in [1.82, 2.24) is 4.90 Å². The molecular weight excluding hydrogens is 1420 g/mol. The average molecular weight is 1500 g/mol. The summed E-state index contributed by atoms with van der Waals surface area (Å²) in [7, 11) is 0. The molecule has 0 unspecified atom stereocenters. The number of ketones is 5. The van der Waals surface area contributed by atoms with Crippen LogP contribution < -0.4 is 0 Å². The van der Waals surface area contributed by atoms with Gasteiger partial charge in [0.15, 0.2) is 5.79 Å². The third kappa shape index (κ3) is 14.5. The molecule has 1 saturated heterocycles. The molecule has 0 atom stereocenters. The van der Waals surface area contributed by atoms with Gasteiger partial charge in [0.05, 0.1) is 73.5 Å². The van der Waals surface area contributed by atoms with Gasteiger partial charge in [-0.15, -0.1) is 34.8 Å². The van der Waals surface area contributed by atoms with Crippen LogP contribution in [0.15, 0.2) is 90.7 Å². The average Bonchev–Trinajstić information content (AvgIpc) is 1.73. The van der Waals surface area contributed by atoms with Crippen LogP contribution in [0, 0.1) is 0 Å². The monoisotopic (exact) mass is 1490 g/mol. The smallest absolute Gasteiger partial charge is 0.168 e. The van der Waals surface area contributed by atoms with Gasteiger partial charge in [0.25, 0.3) is 0 Å². The van der Waals surface area contributed by atoms with Crippen molar-refractivity contribution < 1.29 is 47.7 Å². The Labute approximate surface area is 555 Å². The van der Waals surface area contributed by atoms with Crippen LogP contribution in [-0.4, -0.2) is 129 Å². The first kappa shape index (κ1) is 66.7. The zero-order chi connectivity index (χ0) is 60.7. The molecule has 4 aromatic rings. The predicted molar refractivity (Wildman–Crippen MR) is 351 cm³/mol. The molecule has 1 heterocycles. The fourth-order valence-corrected chi connectivity index (χ4v) is 17.4. The van der Waals surface area contributed by atoms with Gasteiger partial charge in [-0.3, -0.25) is 28.9 Å². The zero-order valence-electron chi connectivity index (χ0n) is 48.9. The fraction of sp³-hybridized carbons (Fsp3) is 0.574. The Kier molecular flexibility index (Phi) is 22.9. The van der Waals surface area contributed by atoms with Crippen LogP contribution in [0.1, 0.15) is 147 Å². The Bertz CT molecular complexity index is 3090. The van der Waals surface area contributed by atoms with E-state index < -0.39 is 5.79 Å². The highest BCUT2D eigenvalue weighted by atomic mass is 79.9. The molecule has 86 heavy (non-hydrogen) atoms. The van der Waals surface area contributed by atoms with Gasteiger partial charge in [0.2, 0.25) is 0 Å². The van der Waals surface area contributed by atoms with Gasteiger partial charge in [-0.2, -0.15) is 0 Å². The summed E-state index contributed by atoms with van der Waals surface area (Å²) in [6.07, 6.45) is 15.8. The van der Waals surface area contributed by atoms with Gasteiger partial charge in [0, 0.05) is 107 Å². The highest BCUT2D eigenvalue weighted by Gasteiger charge is 2.54. The third-order valence-corrected chi connectivity index (χ3v) is 22.6. The maximum Gasteiger partial charge on any atom is 0.168 e. The molecule has 11 nitrogen and oxygen atoms in total. The van der Waals surface area contributed by atoms with Crippen LogP contribution in [0.4, 0.5) is 0 Å². The lowest BCUT2D eigenvalue weighted by Gasteiger charge is -2.44. The number of fused-ring (bicyclic) bond motifs is 8. The maximum atomic E-state index is 12.8. The van der Waals surface area contributed by atoms with Gasteiger partial charge in [0.1, 0.15) is 28.9 Å². The highest BCUT2D eigenvalue weighted by Crippen LogP contribution is 2.53. The Hall–Kier alpha value is -2.22. The van der Waals surface area contributed by atoms with Crippen LogP contribution in [0.3, 0.4) is 0 Å². The molecule has 4 saturated carbocycles. The van der Waals surface area contributed by atoms with E-state index in [9.17, 15) is 24.0 Å². The summed E-state index contributed by atoms with van der Waals surface area (Å²) in [5.74, 6) is 2.45. The van der Waals surface area contributed by atoms with Crippen LogP contribution in [-0.2, 0) is 95.0 Å². The topological polar surface area (TPSA) is 135 Å². The minimum Gasteiger partial charge on any atom is -0.379 e. The summed E-state index contributed by atoms with van der Waals surface area (Å²) in [6.45, 7) is 6.96. The van der Waals surface area contributed by atoms with E-state index in [0.717, 1.165) is 133 Å². The lowest BCUT2D eigenvalue weighted by molar-refractivity contribution is -0.251. The molecule has 5 fully saturated rings. The van der Waals surface area contributed by atoms with Crippen molar-refractivity contribution in [2.24, 2.45) is 0 Å². The summed E-state index contributed by atoms with van der Waals surface area (Å²) in [4.78, 5) is 64.2. The van der Waals surface area contributed by atoms with Crippen molar-refractivity contribution in [1.29, 1.82) is 0 Å². The van der Waals surface area contributed by atoms with Gasteiger partial charge in [-0.05, 0) is 170 Å². The maximum absolute atomic E-state index is 12.8. The lowest BCUT2D eigenvalue weighted by Crippen LogP contribution is -2.47. The first-order chi connectivity index (χ1) is 41.5. The Morgan fingerprint density at radius 2 is 0.779 bits per heavy atom. The highest BCUT2D eigenvalue weighted by molar-refractivity contribution is 9.11. The minimum atomic E-state index is -0.659. The van der Waals surface area contributed by atoms with Gasteiger partial charge >= 0.3 is 0 Å². The molecule has 8 aliphatic carbocycles. The number of carbonyl (C=O) groups is 5. The summed E-state index contributed by atoms with van der Waals surface area (Å²) < 4.78 is 33.3. The Balaban J connectivity index is 0.000000128. The SMILES string of the molecule is O=C1CCC2(CC1)C(=O)Cc1cc(Br)ccc12.O=C1Cc2cc(Br)ccc2C12CCC(OCCCl)(OCCCl)CC2.O=C1Cc2cc(Br)ccc2C12CCC(OCCCl)CC2.O=C1Cc2cc(Br)ccc2C12CCC(OCCN1CCOCC1)CC2. The van der Waals surface area contributed by atoms with E-state index in [1.165, 1.54) is 33.4 Å². The third-order valence-electron chi connectivity index (χ3n) is 20.1. The van der Waals surface area contributed by atoms with Crippen LogP contribution in [0.25, 0.3) is 0 Å². The first-order valence-corrected chi connectivity index (χ1v) is 35.6. The predicted octanol–water partition coefficient (Wildman–Crippen LogP) is 14.7. The van der Waals surface area contributed by atoms with Crippen molar-refractivity contribution in [2.45, 2.75) is 168 Å². The van der Waals surface area contributed by atoms with E-state index >= 15 is 0 Å². The van der Waals surface area contributed by atoms with E-state index in [4.69, 9.17) is 58.5 Å². The molecule has 1 aliphatic heterocycles. The Morgan fingerprint density at radius 3 is 1.14 bits per heavy atom. The summed E-state index contributed by atoms with van der Waals surface area (Å²) in [6, 6.07) is 24.9. The molecule has 18 heteroatoms. The molecule has 4 spiro atoms. The number of halogens is 7. The molecule has 0 amide bonds. The van der Waals surface area contributed by atoms with Crippen molar-refractivity contribution in [3.63, 3.8) is 0 Å². The van der Waals surface area contributed by atoms with E-state index in [0.29, 0.717) is 137 Å². The second-order valence-corrected chi connectivity index (χ2v) is 29.5.